The third kappa shape index (κ3) is 5.68. The molecule has 1 aromatic rings. The normalized spacial score (nSPS) is 14.4. The molecule has 0 amide bonds. The van der Waals surface area contributed by atoms with E-state index < -0.39 is 0 Å². The van der Waals surface area contributed by atoms with Crippen molar-refractivity contribution >= 4 is 0 Å². The van der Waals surface area contributed by atoms with E-state index in [1.54, 1.807) is 0 Å². The van der Waals surface area contributed by atoms with Crippen LogP contribution in [-0.4, -0.2) is 12.6 Å². The van der Waals surface area contributed by atoms with Crippen molar-refractivity contribution in [2.24, 2.45) is 5.92 Å². The van der Waals surface area contributed by atoms with Gasteiger partial charge in [0.05, 0.1) is 0 Å². The van der Waals surface area contributed by atoms with Crippen LogP contribution in [0.3, 0.4) is 0 Å². The van der Waals surface area contributed by atoms with E-state index in [4.69, 9.17) is 0 Å². The topological polar surface area (TPSA) is 12.0 Å². The van der Waals surface area contributed by atoms with Crippen molar-refractivity contribution in [3.63, 3.8) is 0 Å². The summed E-state index contributed by atoms with van der Waals surface area (Å²) in [4.78, 5) is 0. The van der Waals surface area contributed by atoms with Crippen LogP contribution in [0.15, 0.2) is 24.3 Å². The first-order valence-corrected chi connectivity index (χ1v) is 7.44. The van der Waals surface area contributed by atoms with Crippen LogP contribution in [0, 0.1) is 12.8 Å². The van der Waals surface area contributed by atoms with E-state index in [0.717, 1.165) is 12.5 Å². The lowest BCUT2D eigenvalue weighted by atomic mass is 9.94. The molecule has 1 heteroatoms. The molecule has 0 saturated carbocycles. The summed E-state index contributed by atoms with van der Waals surface area (Å²) in [5, 5.41) is 3.63. The van der Waals surface area contributed by atoms with Gasteiger partial charge in [-0.1, -0.05) is 57.0 Å². The second-order valence-corrected chi connectivity index (χ2v) is 5.53. The Labute approximate surface area is 113 Å². The maximum Gasteiger partial charge on any atom is 0.00726 e. The van der Waals surface area contributed by atoms with Crippen molar-refractivity contribution in [1.29, 1.82) is 0 Å². The van der Waals surface area contributed by atoms with Crippen LogP contribution in [0.25, 0.3) is 0 Å². The van der Waals surface area contributed by atoms with Gasteiger partial charge < -0.3 is 5.32 Å². The summed E-state index contributed by atoms with van der Waals surface area (Å²) in [6.45, 7) is 10.1. The van der Waals surface area contributed by atoms with Crippen molar-refractivity contribution in [2.45, 2.75) is 59.4 Å². The van der Waals surface area contributed by atoms with Crippen molar-refractivity contribution in [1.82, 2.24) is 5.32 Å². The number of hydrogen-bond acceptors (Lipinski definition) is 1. The molecule has 0 saturated heterocycles. The monoisotopic (exact) mass is 247 g/mol. The van der Waals surface area contributed by atoms with Crippen LogP contribution in [-0.2, 0) is 6.42 Å². The summed E-state index contributed by atoms with van der Waals surface area (Å²) < 4.78 is 0. The zero-order chi connectivity index (χ0) is 13.4. The van der Waals surface area contributed by atoms with Gasteiger partial charge in [-0.05, 0) is 44.2 Å². The molecule has 1 N–H and O–H groups in total. The van der Waals surface area contributed by atoms with Gasteiger partial charge in [-0.2, -0.15) is 0 Å². The van der Waals surface area contributed by atoms with E-state index in [1.165, 1.54) is 36.8 Å². The largest absolute Gasteiger partial charge is 0.314 e. The first-order valence-electron chi connectivity index (χ1n) is 7.44. The minimum Gasteiger partial charge on any atom is -0.314 e. The second-order valence-electron chi connectivity index (χ2n) is 5.53. The van der Waals surface area contributed by atoms with Gasteiger partial charge in [-0.3, -0.25) is 0 Å². The molecular formula is C17H29N. The first kappa shape index (κ1) is 15.2. The highest BCUT2D eigenvalue weighted by Crippen LogP contribution is 2.15. The average molecular weight is 247 g/mol. The first-order chi connectivity index (χ1) is 8.65. The SMILES string of the molecule is CCNC(CCc1cccc(C)c1)CC(C)CC. The molecule has 102 valence electrons. The fourth-order valence-electron chi connectivity index (χ4n) is 2.45. The van der Waals surface area contributed by atoms with Gasteiger partial charge in [0.25, 0.3) is 0 Å². The molecule has 2 atom stereocenters. The molecular weight excluding hydrogens is 218 g/mol. The Bertz CT molecular complexity index is 332. The van der Waals surface area contributed by atoms with Gasteiger partial charge in [0, 0.05) is 6.04 Å². The lowest BCUT2D eigenvalue weighted by Gasteiger charge is -2.21. The fraction of sp³-hybridized carbons (Fsp3) is 0.647. The number of rotatable bonds is 8. The summed E-state index contributed by atoms with van der Waals surface area (Å²) in [6, 6.07) is 9.57. The third-order valence-electron chi connectivity index (χ3n) is 3.74. The Hall–Kier alpha value is -0.820. The molecule has 2 unspecified atom stereocenters. The number of aryl methyl sites for hydroxylation is 2. The molecule has 0 spiro atoms. The van der Waals surface area contributed by atoms with Crippen LogP contribution in [0.1, 0.15) is 51.2 Å². The Morgan fingerprint density at radius 1 is 1.22 bits per heavy atom. The number of hydrogen-bond donors (Lipinski definition) is 1. The standard InChI is InChI=1S/C17H29N/c1-5-14(3)13-17(18-6-2)11-10-16-9-7-8-15(4)12-16/h7-9,12,14,17-18H,5-6,10-11,13H2,1-4H3. The molecule has 0 heterocycles. The van der Waals surface area contributed by atoms with Crippen LogP contribution in [0.5, 0.6) is 0 Å². The highest BCUT2D eigenvalue weighted by molar-refractivity contribution is 5.22. The molecule has 1 nitrogen and oxygen atoms in total. The van der Waals surface area contributed by atoms with Crippen molar-refractivity contribution < 1.29 is 0 Å². The Morgan fingerprint density at radius 3 is 2.61 bits per heavy atom. The minimum absolute atomic E-state index is 0.672. The average Bonchev–Trinajstić information content (AvgIpc) is 2.36. The predicted octanol–water partition coefficient (Wildman–Crippen LogP) is 4.34. The smallest absolute Gasteiger partial charge is 0.00726 e. The van der Waals surface area contributed by atoms with Crippen molar-refractivity contribution in [2.75, 3.05) is 6.54 Å². The number of nitrogens with one attached hydrogen (secondary N) is 1. The molecule has 0 aliphatic heterocycles. The molecule has 0 fully saturated rings. The third-order valence-corrected chi connectivity index (χ3v) is 3.74. The lowest BCUT2D eigenvalue weighted by Crippen LogP contribution is -2.31. The van der Waals surface area contributed by atoms with Crippen LogP contribution in [0.2, 0.25) is 0 Å². The van der Waals surface area contributed by atoms with E-state index in [-0.39, 0.29) is 0 Å². The van der Waals surface area contributed by atoms with E-state index in [2.05, 4.69) is 57.3 Å². The van der Waals surface area contributed by atoms with Crippen LogP contribution in [0.4, 0.5) is 0 Å². The van der Waals surface area contributed by atoms with Gasteiger partial charge in [0.1, 0.15) is 0 Å². The lowest BCUT2D eigenvalue weighted by molar-refractivity contribution is 0.382. The maximum absolute atomic E-state index is 3.63. The molecule has 0 aliphatic carbocycles. The molecule has 0 aliphatic rings. The van der Waals surface area contributed by atoms with Crippen molar-refractivity contribution in [3.8, 4) is 0 Å². The molecule has 0 aromatic heterocycles. The Morgan fingerprint density at radius 2 is 2.00 bits per heavy atom. The maximum atomic E-state index is 3.63. The minimum atomic E-state index is 0.672. The summed E-state index contributed by atoms with van der Waals surface area (Å²) in [5.41, 5.74) is 2.84. The van der Waals surface area contributed by atoms with Crippen LogP contribution < -0.4 is 5.32 Å². The highest BCUT2D eigenvalue weighted by Gasteiger charge is 2.11. The summed E-state index contributed by atoms with van der Waals surface area (Å²) >= 11 is 0. The Kier molecular flexibility index (Phi) is 7.04. The van der Waals surface area contributed by atoms with E-state index in [0.29, 0.717) is 6.04 Å². The highest BCUT2D eigenvalue weighted by atomic mass is 14.9. The molecule has 18 heavy (non-hydrogen) atoms. The quantitative estimate of drug-likeness (QED) is 0.720. The van der Waals surface area contributed by atoms with Gasteiger partial charge in [-0.15, -0.1) is 0 Å². The van der Waals surface area contributed by atoms with Gasteiger partial charge >= 0.3 is 0 Å². The second kappa shape index (κ2) is 8.31. The van der Waals surface area contributed by atoms with Gasteiger partial charge in [0.15, 0.2) is 0 Å². The Balaban J connectivity index is 2.46. The van der Waals surface area contributed by atoms with Gasteiger partial charge in [-0.25, -0.2) is 0 Å². The van der Waals surface area contributed by atoms with E-state index >= 15 is 0 Å². The van der Waals surface area contributed by atoms with Crippen molar-refractivity contribution in [3.05, 3.63) is 35.4 Å². The summed E-state index contributed by atoms with van der Waals surface area (Å²) in [6.07, 6.45) is 5.03. The fourth-order valence-corrected chi connectivity index (χ4v) is 2.45. The van der Waals surface area contributed by atoms with Gasteiger partial charge in [0.2, 0.25) is 0 Å². The zero-order valence-corrected chi connectivity index (χ0v) is 12.5. The zero-order valence-electron chi connectivity index (χ0n) is 12.5. The molecule has 1 aromatic carbocycles. The molecule has 0 radical (unpaired) electrons. The predicted molar refractivity (Wildman–Crippen MR) is 81.0 cm³/mol. The van der Waals surface area contributed by atoms with Crippen LogP contribution >= 0.6 is 0 Å². The molecule has 1 rings (SSSR count). The summed E-state index contributed by atoms with van der Waals surface area (Å²) in [7, 11) is 0. The summed E-state index contributed by atoms with van der Waals surface area (Å²) in [5.74, 6) is 0.826. The van der Waals surface area contributed by atoms with E-state index in [1.807, 2.05) is 0 Å². The molecule has 0 bridgehead atoms. The van der Waals surface area contributed by atoms with E-state index in [9.17, 15) is 0 Å². The number of benzene rings is 1.